The molecule has 1 atom stereocenters. The molecule has 0 amide bonds. The molecule has 0 aliphatic heterocycles. The summed E-state index contributed by atoms with van der Waals surface area (Å²) in [6.45, 7) is 3.56. The Balaban J connectivity index is 4.07. The number of carbonyl (C=O) groups is 2. The third kappa shape index (κ3) is 25.9. The Morgan fingerprint density at radius 3 is 1.46 bits per heavy atom. The van der Waals surface area contributed by atoms with E-state index in [1.165, 1.54) is 51.4 Å². The fourth-order valence-corrected chi connectivity index (χ4v) is 4.14. The number of carbonyl (C=O) groups excluding carboxylic acids is 2. The first-order valence-corrected chi connectivity index (χ1v) is 15.4. The summed E-state index contributed by atoms with van der Waals surface area (Å²) < 4.78 is 25.9. The number of hydrogen-bond donors (Lipinski definition) is 2. The van der Waals surface area contributed by atoms with Crippen LogP contribution in [0.25, 0.3) is 0 Å². The molecule has 0 unspecified atom stereocenters. The van der Waals surface area contributed by atoms with Crippen LogP contribution in [0.4, 0.5) is 0 Å². The molecule has 0 radical (unpaired) electrons. The second kappa shape index (κ2) is 23.4. The predicted molar refractivity (Wildman–Crippen MR) is 138 cm³/mol. The molecule has 0 rings (SSSR count). The molecule has 8 nitrogen and oxygen atoms in total. The minimum atomic E-state index is -4.72. The molecule has 2 N–H and O–H groups in total. The van der Waals surface area contributed by atoms with E-state index in [0.29, 0.717) is 6.42 Å². The van der Waals surface area contributed by atoms with E-state index in [-0.39, 0.29) is 19.4 Å². The van der Waals surface area contributed by atoms with Gasteiger partial charge in [0.1, 0.15) is 6.61 Å². The predicted octanol–water partition coefficient (Wildman–Crippen LogP) is 7.00. The minimum absolute atomic E-state index is 0.217. The van der Waals surface area contributed by atoms with Gasteiger partial charge in [-0.3, -0.25) is 14.1 Å². The molecule has 9 heteroatoms. The minimum Gasteiger partial charge on any atom is -0.462 e. The maximum absolute atomic E-state index is 12.2. The van der Waals surface area contributed by atoms with Crippen molar-refractivity contribution in [2.24, 2.45) is 0 Å². The van der Waals surface area contributed by atoms with Gasteiger partial charge in [-0.1, -0.05) is 110 Å². The summed E-state index contributed by atoms with van der Waals surface area (Å²) in [4.78, 5) is 42.0. The van der Waals surface area contributed by atoms with Gasteiger partial charge < -0.3 is 19.3 Å². The van der Waals surface area contributed by atoms with Crippen LogP contribution in [-0.4, -0.2) is 41.0 Å². The van der Waals surface area contributed by atoms with Crippen LogP contribution >= 0.6 is 7.82 Å². The highest BCUT2D eigenvalue weighted by Crippen LogP contribution is 2.35. The van der Waals surface area contributed by atoms with Crippen molar-refractivity contribution < 1.29 is 37.9 Å². The first kappa shape index (κ1) is 34.0. The molecular weight excluding hydrogens is 471 g/mol. The quantitative estimate of drug-likeness (QED) is 0.0747. The van der Waals surface area contributed by atoms with Crippen LogP contribution in [0.15, 0.2) is 0 Å². The average Bonchev–Trinajstić information content (AvgIpc) is 2.81. The van der Waals surface area contributed by atoms with Gasteiger partial charge in [-0.25, -0.2) is 4.57 Å². The van der Waals surface area contributed by atoms with E-state index in [1.54, 1.807) is 0 Å². The highest BCUT2D eigenvalue weighted by atomic mass is 31.2. The monoisotopic (exact) mass is 522 g/mol. The Morgan fingerprint density at radius 2 is 1.03 bits per heavy atom. The van der Waals surface area contributed by atoms with E-state index >= 15 is 0 Å². The summed E-state index contributed by atoms with van der Waals surface area (Å²) in [5.74, 6) is -0.893. The van der Waals surface area contributed by atoms with E-state index in [1.807, 2.05) is 0 Å². The highest BCUT2D eigenvalue weighted by molar-refractivity contribution is 7.46. The molecule has 0 aromatic heterocycles. The zero-order chi connectivity index (χ0) is 26.2. The van der Waals surface area contributed by atoms with Crippen LogP contribution in [0.3, 0.4) is 0 Å². The van der Waals surface area contributed by atoms with Gasteiger partial charge in [-0.2, -0.15) is 0 Å². The summed E-state index contributed by atoms with van der Waals surface area (Å²) in [5, 5.41) is 0. The number of esters is 2. The lowest BCUT2D eigenvalue weighted by Crippen LogP contribution is -2.29. The fraction of sp³-hybridized carbons (Fsp3) is 0.923. The SMILES string of the molecule is CCCCCCCCCCCCCC(=O)O[C@@H](COC(=O)CCCCCCCC)COP(=O)(O)O. The molecule has 0 saturated heterocycles. The lowest BCUT2D eigenvalue weighted by molar-refractivity contribution is -0.161. The number of phosphoric ester groups is 1. The summed E-state index contributed by atoms with van der Waals surface area (Å²) >= 11 is 0. The molecule has 0 aliphatic carbocycles. The van der Waals surface area contributed by atoms with Crippen molar-refractivity contribution >= 4 is 19.8 Å². The van der Waals surface area contributed by atoms with Crippen LogP contribution in [0, 0.1) is 0 Å². The van der Waals surface area contributed by atoms with Crippen LogP contribution in [0.2, 0.25) is 0 Å². The van der Waals surface area contributed by atoms with Crippen molar-refractivity contribution in [1.82, 2.24) is 0 Å². The fourth-order valence-electron chi connectivity index (χ4n) is 3.78. The van der Waals surface area contributed by atoms with Crippen molar-refractivity contribution in [3.05, 3.63) is 0 Å². The van der Waals surface area contributed by atoms with Gasteiger partial charge in [0, 0.05) is 12.8 Å². The lowest BCUT2D eigenvalue weighted by atomic mass is 10.1. The molecule has 208 valence electrons. The van der Waals surface area contributed by atoms with Gasteiger partial charge >= 0.3 is 19.8 Å². The molecule has 0 spiro atoms. The van der Waals surface area contributed by atoms with Crippen molar-refractivity contribution in [1.29, 1.82) is 0 Å². The van der Waals surface area contributed by atoms with Gasteiger partial charge in [0.2, 0.25) is 0 Å². The number of phosphoric acid groups is 1. The molecule has 0 aliphatic rings. The topological polar surface area (TPSA) is 119 Å². The summed E-state index contributed by atoms with van der Waals surface area (Å²) in [7, 11) is -4.72. The smallest absolute Gasteiger partial charge is 0.462 e. The largest absolute Gasteiger partial charge is 0.469 e. The average molecular weight is 523 g/mol. The van der Waals surface area contributed by atoms with E-state index < -0.39 is 32.5 Å². The summed E-state index contributed by atoms with van der Waals surface area (Å²) in [6.07, 6.45) is 18.6. The van der Waals surface area contributed by atoms with E-state index in [9.17, 15) is 14.2 Å². The number of hydrogen-bond acceptors (Lipinski definition) is 6. The molecule has 0 saturated carbocycles. The number of ether oxygens (including phenoxy) is 2. The normalized spacial score (nSPS) is 12.5. The first-order valence-electron chi connectivity index (χ1n) is 13.8. The zero-order valence-corrected chi connectivity index (χ0v) is 23.1. The Kier molecular flexibility index (Phi) is 22.8. The molecule has 0 aromatic rings. The third-order valence-electron chi connectivity index (χ3n) is 5.88. The maximum Gasteiger partial charge on any atom is 0.469 e. The first-order chi connectivity index (χ1) is 16.8. The third-order valence-corrected chi connectivity index (χ3v) is 6.36. The van der Waals surface area contributed by atoms with Crippen LogP contribution < -0.4 is 0 Å². The number of unbranched alkanes of at least 4 members (excludes halogenated alkanes) is 15. The van der Waals surface area contributed by atoms with E-state index in [4.69, 9.17) is 19.3 Å². The Hall–Kier alpha value is -0.950. The molecular formula is C26H51O8P. The van der Waals surface area contributed by atoms with Crippen molar-refractivity contribution in [2.45, 2.75) is 142 Å². The highest BCUT2D eigenvalue weighted by Gasteiger charge is 2.22. The molecule has 0 fully saturated rings. The van der Waals surface area contributed by atoms with Crippen molar-refractivity contribution in [3.63, 3.8) is 0 Å². The van der Waals surface area contributed by atoms with Gasteiger partial charge in [0.05, 0.1) is 6.61 Å². The Labute approximate surface area is 213 Å². The van der Waals surface area contributed by atoms with E-state index in [2.05, 4.69) is 18.4 Å². The standard InChI is InChI=1S/C26H51O8P/c1-3-5-7-9-11-12-13-14-15-17-19-21-26(28)34-24(23-33-35(29,30)31)22-32-25(27)20-18-16-10-8-6-4-2/h24H,3-23H2,1-2H3,(H2,29,30,31)/t24-/m0/s1. The molecule has 0 bridgehead atoms. The Morgan fingerprint density at radius 1 is 0.629 bits per heavy atom. The van der Waals surface area contributed by atoms with Crippen LogP contribution in [0.1, 0.15) is 136 Å². The summed E-state index contributed by atoms with van der Waals surface area (Å²) in [5.41, 5.74) is 0. The van der Waals surface area contributed by atoms with Gasteiger partial charge in [-0.05, 0) is 12.8 Å². The second-order valence-electron chi connectivity index (χ2n) is 9.38. The maximum atomic E-state index is 12.2. The van der Waals surface area contributed by atoms with Crippen molar-refractivity contribution in [3.8, 4) is 0 Å². The van der Waals surface area contributed by atoms with E-state index in [0.717, 1.165) is 51.4 Å². The zero-order valence-electron chi connectivity index (χ0n) is 22.2. The molecule has 0 heterocycles. The lowest BCUT2D eigenvalue weighted by Gasteiger charge is -2.18. The molecule has 35 heavy (non-hydrogen) atoms. The van der Waals surface area contributed by atoms with Gasteiger partial charge in [0.15, 0.2) is 6.10 Å². The van der Waals surface area contributed by atoms with Crippen LogP contribution in [0.5, 0.6) is 0 Å². The Bertz CT molecular complexity index is 564. The van der Waals surface area contributed by atoms with Gasteiger partial charge in [-0.15, -0.1) is 0 Å². The molecule has 0 aromatic carbocycles. The second-order valence-corrected chi connectivity index (χ2v) is 10.6. The number of rotatable bonds is 25. The van der Waals surface area contributed by atoms with Crippen LogP contribution in [-0.2, 0) is 28.2 Å². The van der Waals surface area contributed by atoms with Crippen molar-refractivity contribution in [2.75, 3.05) is 13.2 Å². The van der Waals surface area contributed by atoms with Gasteiger partial charge in [0.25, 0.3) is 0 Å². The summed E-state index contributed by atoms with van der Waals surface area (Å²) in [6, 6.07) is 0.